The second-order valence-corrected chi connectivity index (χ2v) is 6.54. The molecular weight excluding hydrogens is 396 g/mol. The summed E-state index contributed by atoms with van der Waals surface area (Å²) < 4.78 is 10.6. The summed E-state index contributed by atoms with van der Waals surface area (Å²) >= 11 is 0. The fourth-order valence-electron chi connectivity index (χ4n) is 2.93. The van der Waals surface area contributed by atoms with Crippen molar-refractivity contribution in [1.29, 1.82) is 0 Å². The fourth-order valence-corrected chi connectivity index (χ4v) is 2.93. The molecule has 1 aliphatic rings. The normalized spacial score (nSPS) is 13.9. The number of hydrogen-bond acceptors (Lipinski definition) is 6. The molecule has 1 fully saturated rings. The van der Waals surface area contributed by atoms with Crippen molar-refractivity contribution in [3.8, 4) is 5.75 Å². The highest BCUT2D eigenvalue weighted by molar-refractivity contribution is 6.02. The Morgan fingerprint density at radius 3 is 2.76 bits per heavy atom. The van der Waals surface area contributed by atoms with Crippen LogP contribution in [0, 0.1) is 0 Å². The number of ether oxygens (including phenoxy) is 1. The Bertz CT molecular complexity index is 764. The molecular formula is C20H27ClN4O4. The number of piperazine rings is 1. The number of benzene rings is 1. The Kier molecular flexibility index (Phi) is 9.49. The molecule has 9 heteroatoms. The van der Waals surface area contributed by atoms with Gasteiger partial charge in [0.2, 0.25) is 0 Å². The smallest absolute Gasteiger partial charge is 0.291 e. The number of amides is 2. The minimum atomic E-state index is -0.343. The number of nitrogens with one attached hydrogen (secondary N) is 3. The van der Waals surface area contributed by atoms with Crippen molar-refractivity contribution < 1.29 is 18.7 Å². The maximum atomic E-state index is 12.0. The summed E-state index contributed by atoms with van der Waals surface area (Å²) in [6.07, 6.45) is 2.36. The highest BCUT2D eigenvalue weighted by atomic mass is 35.5. The first-order chi connectivity index (χ1) is 13.7. The number of furan rings is 1. The van der Waals surface area contributed by atoms with Gasteiger partial charge < -0.3 is 30.0 Å². The Morgan fingerprint density at radius 2 is 2.00 bits per heavy atom. The number of anilines is 1. The lowest BCUT2D eigenvalue weighted by atomic mass is 10.3. The molecule has 0 bridgehead atoms. The molecule has 0 aliphatic carbocycles. The topological polar surface area (TPSA) is 95.8 Å². The van der Waals surface area contributed by atoms with E-state index in [4.69, 9.17) is 9.15 Å². The van der Waals surface area contributed by atoms with E-state index >= 15 is 0 Å². The average Bonchev–Trinajstić information content (AvgIpc) is 3.26. The Hall–Kier alpha value is -2.55. The zero-order valence-electron chi connectivity index (χ0n) is 16.2. The van der Waals surface area contributed by atoms with Crippen LogP contribution in [-0.2, 0) is 4.79 Å². The van der Waals surface area contributed by atoms with Crippen molar-refractivity contribution in [3.63, 3.8) is 0 Å². The van der Waals surface area contributed by atoms with Gasteiger partial charge in [0.05, 0.1) is 6.26 Å². The van der Waals surface area contributed by atoms with Crippen LogP contribution < -0.4 is 20.7 Å². The summed E-state index contributed by atoms with van der Waals surface area (Å²) in [6.45, 7) is 5.73. The fraction of sp³-hybridized carbons (Fsp3) is 0.400. The van der Waals surface area contributed by atoms with E-state index in [-0.39, 0.29) is 36.6 Å². The first-order valence-electron chi connectivity index (χ1n) is 9.48. The van der Waals surface area contributed by atoms with Gasteiger partial charge in [0, 0.05) is 44.5 Å². The highest BCUT2D eigenvalue weighted by Gasteiger charge is 2.10. The van der Waals surface area contributed by atoms with Crippen molar-refractivity contribution >= 4 is 29.9 Å². The third-order valence-electron chi connectivity index (χ3n) is 4.39. The predicted molar refractivity (Wildman–Crippen MR) is 113 cm³/mol. The molecule has 1 aromatic carbocycles. The van der Waals surface area contributed by atoms with E-state index in [1.165, 1.54) is 6.26 Å². The summed E-state index contributed by atoms with van der Waals surface area (Å²) in [5, 5.41) is 8.91. The lowest BCUT2D eigenvalue weighted by Crippen LogP contribution is -2.44. The van der Waals surface area contributed by atoms with Crippen LogP contribution in [0.3, 0.4) is 0 Å². The van der Waals surface area contributed by atoms with Gasteiger partial charge >= 0.3 is 0 Å². The van der Waals surface area contributed by atoms with Gasteiger partial charge in [-0.25, -0.2) is 0 Å². The Morgan fingerprint density at radius 1 is 1.17 bits per heavy atom. The van der Waals surface area contributed by atoms with Gasteiger partial charge in [-0.1, -0.05) is 6.07 Å². The van der Waals surface area contributed by atoms with E-state index in [1.807, 2.05) is 0 Å². The SMILES string of the molecule is Cl.O=C(COc1cccc(NC(=O)c2ccco2)c1)NCCCN1CCNCC1. The number of carbonyl (C=O) groups excluding carboxylic acids is 2. The van der Waals surface area contributed by atoms with Crippen molar-refractivity contribution in [2.75, 3.05) is 51.2 Å². The molecule has 2 aromatic rings. The first kappa shape index (κ1) is 22.7. The number of hydrogen-bond donors (Lipinski definition) is 3. The largest absolute Gasteiger partial charge is 0.484 e. The molecule has 0 spiro atoms. The zero-order valence-corrected chi connectivity index (χ0v) is 17.0. The van der Waals surface area contributed by atoms with Gasteiger partial charge in [0.15, 0.2) is 12.4 Å². The molecule has 1 aliphatic heterocycles. The van der Waals surface area contributed by atoms with Crippen molar-refractivity contribution in [2.24, 2.45) is 0 Å². The minimum absolute atomic E-state index is 0. The van der Waals surface area contributed by atoms with Crippen LogP contribution in [0.25, 0.3) is 0 Å². The molecule has 29 heavy (non-hydrogen) atoms. The molecule has 0 unspecified atom stereocenters. The molecule has 0 radical (unpaired) electrons. The summed E-state index contributed by atoms with van der Waals surface area (Å²) in [6, 6.07) is 10.1. The van der Waals surface area contributed by atoms with E-state index in [2.05, 4.69) is 20.9 Å². The monoisotopic (exact) mass is 422 g/mol. The molecule has 158 valence electrons. The quantitative estimate of drug-likeness (QED) is 0.533. The van der Waals surface area contributed by atoms with Gasteiger partial charge in [0.25, 0.3) is 11.8 Å². The van der Waals surface area contributed by atoms with E-state index in [0.29, 0.717) is 18.0 Å². The third kappa shape index (κ3) is 7.77. The maximum absolute atomic E-state index is 12.0. The predicted octanol–water partition coefficient (Wildman–Crippen LogP) is 1.74. The summed E-state index contributed by atoms with van der Waals surface area (Å²) in [5.74, 6) is 0.231. The van der Waals surface area contributed by atoms with E-state index in [0.717, 1.165) is 39.1 Å². The molecule has 2 heterocycles. The lowest BCUT2D eigenvalue weighted by Gasteiger charge is -2.27. The first-order valence-corrected chi connectivity index (χ1v) is 9.48. The molecule has 0 atom stereocenters. The van der Waals surface area contributed by atoms with Crippen molar-refractivity contribution in [3.05, 3.63) is 48.4 Å². The van der Waals surface area contributed by atoms with Gasteiger partial charge in [0.1, 0.15) is 5.75 Å². The summed E-state index contributed by atoms with van der Waals surface area (Å²) in [4.78, 5) is 26.3. The number of halogens is 1. The lowest BCUT2D eigenvalue weighted by molar-refractivity contribution is -0.123. The second kappa shape index (κ2) is 12.1. The molecule has 1 aromatic heterocycles. The maximum Gasteiger partial charge on any atom is 0.291 e. The zero-order chi connectivity index (χ0) is 19.6. The summed E-state index contributed by atoms with van der Waals surface area (Å²) in [5.41, 5.74) is 0.565. The van der Waals surface area contributed by atoms with E-state index < -0.39 is 0 Å². The van der Waals surface area contributed by atoms with Crippen LogP contribution in [-0.4, -0.2) is 62.6 Å². The highest BCUT2D eigenvalue weighted by Crippen LogP contribution is 2.18. The number of rotatable bonds is 9. The summed E-state index contributed by atoms with van der Waals surface area (Å²) in [7, 11) is 0. The number of nitrogens with zero attached hydrogens (tertiary/aromatic N) is 1. The Balaban J connectivity index is 0.00000300. The molecule has 3 rings (SSSR count). The van der Waals surface area contributed by atoms with Crippen molar-refractivity contribution in [1.82, 2.24) is 15.5 Å². The van der Waals surface area contributed by atoms with E-state index in [1.54, 1.807) is 36.4 Å². The van der Waals surface area contributed by atoms with Crippen LogP contribution in [0.5, 0.6) is 5.75 Å². The van der Waals surface area contributed by atoms with Crippen LogP contribution in [0.2, 0.25) is 0 Å². The minimum Gasteiger partial charge on any atom is -0.484 e. The molecule has 8 nitrogen and oxygen atoms in total. The Labute approximate surface area is 176 Å². The van der Waals surface area contributed by atoms with Gasteiger partial charge in [-0.2, -0.15) is 0 Å². The third-order valence-corrected chi connectivity index (χ3v) is 4.39. The van der Waals surface area contributed by atoms with Gasteiger partial charge in [-0.05, 0) is 37.2 Å². The van der Waals surface area contributed by atoms with Crippen LogP contribution in [0.4, 0.5) is 5.69 Å². The van der Waals surface area contributed by atoms with Crippen LogP contribution >= 0.6 is 12.4 Å². The van der Waals surface area contributed by atoms with Crippen molar-refractivity contribution in [2.45, 2.75) is 6.42 Å². The molecule has 2 amide bonds. The number of carbonyl (C=O) groups is 2. The van der Waals surface area contributed by atoms with Gasteiger partial charge in [-0.3, -0.25) is 9.59 Å². The molecule has 0 saturated carbocycles. The molecule has 3 N–H and O–H groups in total. The van der Waals surface area contributed by atoms with Crippen LogP contribution in [0.15, 0.2) is 47.1 Å². The second-order valence-electron chi connectivity index (χ2n) is 6.54. The standard InChI is InChI=1S/C20H26N4O4.ClH/c25-19(22-7-3-10-24-11-8-21-9-12-24)15-28-17-5-1-4-16(14-17)23-20(26)18-6-2-13-27-18;/h1-2,4-6,13-14,21H,3,7-12,15H2,(H,22,25)(H,23,26);1H. The van der Waals surface area contributed by atoms with E-state index in [9.17, 15) is 9.59 Å². The average molecular weight is 423 g/mol. The van der Waals surface area contributed by atoms with Gasteiger partial charge in [-0.15, -0.1) is 12.4 Å². The molecule has 1 saturated heterocycles. The van der Waals surface area contributed by atoms with Crippen LogP contribution in [0.1, 0.15) is 17.0 Å².